The van der Waals surface area contributed by atoms with E-state index >= 15 is 0 Å². The second-order valence-corrected chi connectivity index (χ2v) is 10.2. The minimum Gasteiger partial charge on any atom is -0.469 e. The molecule has 0 radical (unpaired) electrons. The number of benzene rings is 1. The van der Waals surface area contributed by atoms with E-state index in [-0.39, 0.29) is 32.0 Å². The smallest absolute Gasteiger partial charge is 0.409 e. The summed E-state index contributed by atoms with van der Waals surface area (Å²) >= 11 is 0. The number of carbonyl (C=O) groups excluding carboxylic acids is 3. The molecule has 10 heteroatoms. The normalized spacial score (nSPS) is 13.7. The molecule has 0 aromatic heterocycles. The molecule has 0 fully saturated rings. The van der Waals surface area contributed by atoms with Crippen LogP contribution in [0.15, 0.2) is 18.2 Å². The highest BCUT2D eigenvalue weighted by Crippen LogP contribution is 2.34. The van der Waals surface area contributed by atoms with Gasteiger partial charge in [-0.2, -0.15) is 0 Å². The third-order valence-corrected chi connectivity index (χ3v) is 5.78. The van der Waals surface area contributed by atoms with Gasteiger partial charge >= 0.3 is 18.1 Å². The Morgan fingerprint density at radius 1 is 1.03 bits per heavy atom. The molecule has 0 saturated carbocycles. The molecule has 1 aromatic rings. The average molecular weight is 522 g/mol. The SMILES string of the molecule is CCCC[C@@H](COC(=O)N(CC(C)C)CC(C)C)NC(=O)N[C@@H](CC(=O)OC)c1ccc2c(c1)OCO2. The minimum absolute atomic E-state index is 0.0580. The van der Waals surface area contributed by atoms with E-state index < -0.39 is 18.0 Å². The Morgan fingerprint density at radius 3 is 2.32 bits per heavy atom. The summed E-state index contributed by atoms with van der Waals surface area (Å²) in [6, 6.07) is 3.76. The maximum Gasteiger partial charge on any atom is 0.409 e. The number of ether oxygens (including phenoxy) is 4. The van der Waals surface area contributed by atoms with Gasteiger partial charge in [0, 0.05) is 13.1 Å². The predicted octanol–water partition coefficient (Wildman–Crippen LogP) is 4.63. The van der Waals surface area contributed by atoms with Gasteiger partial charge in [-0.25, -0.2) is 9.59 Å². The number of amides is 3. The first-order valence-corrected chi connectivity index (χ1v) is 13.1. The Hall–Kier alpha value is -3.17. The highest BCUT2D eigenvalue weighted by Gasteiger charge is 2.25. The molecule has 208 valence electrons. The van der Waals surface area contributed by atoms with E-state index in [9.17, 15) is 14.4 Å². The lowest BCUT2D eigenvalue weighted by Gasteiger charge is -2.27. The summed E-state index contributed by atoms with van der Waals surface area (Å²) < 4.78 is 21.2. The van der Waals surface area contributed by atoms with Gasteiger partial charge in [0.05, 0.1) is 25.6 Å². The molecule has 0 unspecified atom stereocenters. The molecule has 1 heterocycles. The number of rotatable bonds is 14. The van der Waals surface area contributed by atoms with Gasteiger partial charge in [0.2, 0.25) is 6.79 Å². The molecule has 1 aromatic carbocycles. The van der Waals surface area contributed by atoms with Crippen molar-refractivity contribution in [3.8, 4) is 11.5 Å². The molecular formula is C27H43N3O7. The number of methoxy groups -OCH3 is 1. The summed E-state index contributed by atoms with van der Waals surface area (Å²) in [6.07, 6.45) is 2.00. The van der Waals surface area contributed by atoms with E-state index in [1.807, 2.05) is 0 Å². The van der Waals surface area contributed by atoms with Gasteiger partial charge in [-0.15, -0.1) is 0 Å². The summed E-state index contributed by atoms with van der Waals surface area (Å²) in [6.45, 7) is 11.7. The molecule has 0 spiro atoms. The zero-order valence-electron chi connectivity index (χ0n) is 23.0. The average Bonchev–Trinajstić information content (AvgIpc) is 3.32. The van der Waals surface area contributed by atoms with Crippen molar-refractivity contribution in [2.75, 3.05) is 33.6 Å². The fourth-order valence-electron chi connectivity index (χ4n) is 4.03. The summed E-state index contributed by atoms with van der Waals surface area (Å²) in [7, 11) is 1.30. The van der Waals surface area contributed by atoms with Crippen LogP contribution in [0.25, 0.3) is 0 Å². The molecule has 10 nitrogen and oxygen atoms in total. The maximum atomic E-state index is 13.0. The van der Waals surface area contributed by atoms with Crippen molar-refractivity contribution in [3.63, 3.8) is 0 Å². The van der Waals surface area contributed by atoms with Crippen molar-refractivity contribution in [2.45, 2.75) is 72.4 Å². The number of unbranched alkanes of at least 4 members (excludes halogenated alkanes) is 1. The van der Waals surface area contributed by atoms with Gasteiger partial charge in [-0.1, -0.05) is 53.5 Å². The molecule has 37 heavy (non-hydrogen) atoms. The Labute approximate surface area is 220 Å². The lowest BCUT2D eigenvalue weighted by atomic mass is 10.0. The number of hydrogen-bond acceptors (Lipinski definition) is 7. The molecular weight excluding hydrogens is 478 g/mol. The highest BCUT2D eigenvalue weighted by atomic mass is 16.7. The molecule has 3 amide bonds. The highest BCUT2D eigenvalue weighted by molar-refractivity contribution is 5.77. The van der Waals surface area contributed by atoms with Crippen LogP contribution in [-0.2, 0) is 14.3 Å². The number of nitrogens with zero attached hydrogens (tertiary/aromatic N) is 1. The van der Waals surface area contributed by atoms with Crippen LogP contribution in [0.3, 0.4) is 0 Å². The molecule has 1 aliphatic heterocycles. The molecule has 2 atom stereocenters. The Balaban J connectivity index is 2.05. The fourth-order valence-corrected chi connectivity index (χ4v) is 4.03. The number of urea groups is 1. The van der Waals surface area contributed by atoms with Crippen LogP contribution in [0.4, 0.5) is 9.59 Å². The number of esters is 1. The topological polar surface area (TPSA) is 115 Å². The predicted molar refractivity (Wildman–Crippen MR) is 140 cm³/mol. The van der Waals surface area contributed by atoms with Crippen molar-refractivity contribution in [3.05, 3.63) is 23.8 Å². The summed E-state index contributed by atoms with van der Waals surface area (Å²) in [5.74, 6) is 1.32. The quantitative estimate of drug-likeness (QED) is 0.343. The molecule has 0 saturated heterocycles. The minimum atomic E-state index is -0.649. The summed E-state index contributed by atoms with van der Waals surface area (Å²) in [5, 5.41) is 5.78. The second-order valence-electron chi connectivity index (χ2n) is 10.2. The van der Waals surface area contributed by atoms with Crippen LogP contribution in [0.2, 0.25) is 0 Å². The van der Waals surface area contributed by atoms with Crippen LogP contribution < -0.4 is 20.1 Å². The van der Waals surface area contributed by atoms with Gasteiger partial charge in [0.15, 0.2) is 11.5 Å². The first kappa shape index (κ1) is 30.1. The van der Waals surface area contributed by atoms with Crippen LogP contribution in [0, 0.1) is 11.8 Å². The van der Waals surface area contributed by atoms with E-state index in [0.717, 1.165) is 12.8 Å². The number of fused-ring (bicyclic) bond motifs is 1. The fraction of sp³-hybridized carbons (Fsp3) is 0.667. The molecule has 0 aliphatic carbocycles. The summed E-state index contributed by atoms with van der Waals surface area (Å²) in [5.41, 5.74) is 0.680. The van der Waals surface area contributed by atoms with Crippen molar-refractivity contribution in [1.82, 2.24) is 15.5 Å². The van der Waals surface area contributed by atoms with Gasteiger partial charge in [-0.05, 0) is 36.0 Å². The Morgan fingerprint density at radius 2 is 1.70 bits per heavy atom. The Kier molecular flexibility index (Phi) is 12.3. The van der Waals surface area contributed by atoms with Gasteiger partial charge in [0.1, 0.15) is 6.61 Å². The zero-order valence-corrected chi connectivity index (χ0v) is 23.0. The number of nitrogens with one attached hydrogen (secondary N) is 2. The molecule has 1 aliphatic rings. The third-order valence-electron chi connectivity index (χ3n) is 5.78. The lowest BCUT2D eigenvalue weighted by molar-refractivity contribution is -0.141. The standard InChI is InChI=1S/C27H43N3O7/c1-7-8-9-21(16-35-27(33)30(14-18(2)3)15-19(4)5)28-26(32)29-22(13-25(31)34-6)20-10-11-23-24(12-20)37-17-36-23/h10-12,18-19,21-22H,7-9,13-17H2,1-6H3,(H2,28,29,32)/t21-,22-/m0/s1. The molecule has 0 bridgehead atoms. The van der Waals surface area contributed by atoms with Crippen molar-refractivity contribution in [1.29, 1.82) is 0 Å². The van der Waals surface area contributed by atoms with Gasteiger partial charge in [-0.3, -0.25) is 4.79 Å². The van der Waals surface area contributed by atoms with Crippen LogP contribution in [0.1, 0.15) is 71.9 Å². The number of carbonyl (C=O) groups is 3. The van der Waals surface area contributed by atoms with E-state index in [4.69, 9.17) is 18.9 Å². The first-order chi connectivity index (χ1) is 17.6. The van der Waals surface area contributed by atoms with Gasteiger partial charge in [0.25, 0.3) is 0 Å². The largest absolute Gasteiger partial charge is 0.469 e. The van der Waals surface area contributed by atoms with Crippen molar-refractivity contribution < 1.29 is 33.3 Å². The van der Waals surface area contributed by atoms with E-state index in [1.165, 1.54) is 7.11 Å². The second kappa shape index (κ2) is 15.2. The Bertz CT molecular complexity index is 881. The van der Waals surface area contributed by atoms with Crippen LogP contribution in [-0.4, -0.2) is 62.6 Å². The first-order valence-electron chi connectivity index (χ1n) is 13.1. The van der Waals surface area contributed by atoms with Gasteiger partial charge < -0.3 is 34.5 Å². The summed E-state index contributed by atoms with van der Waals surface area (Å²) in [4.78, 5) is 39.6. The van der Waals surface area contributed by atoms with Crippen LogP contribution in [0.5, 0.6) is 11.5 Å². The van der Waals surface area contributed by atoms with Crippen molar-refractivity contribution in [2.24, 2.45) is 11.8 Å². The molecule has 2 N–H and O–H groups in total. The molecule has 2 rings (SSSR count). The zero-order chi connectivity index (χ0) is 27.4. The van der Waals surface area contributed by atoms with Crippen molar-refractivity contribution >= 4 is 18.1 Å². The van der Waals surface area contributed by atoms with E-state index in [0.29, 0.717) is 48.4 Å². The van der Waals surface area contributed by atoms with E-state index in [1.54, 1.807) is 23.1 Å². The third kappa shape index (κ3) is 10.4. The van der Waals surface area contributed by atoms with E-state index in [2.05, 4.69) is 45.3 Å². The van der Waals surface area contributed by atoms with Crippen LogP contribution >= 0.6 is 0 Å². The maximum absolute atomic E-state index is 13.0. The number of hydrogen-bond donors (Lipinski definition) is 2. The monoisotopic (exact) mass is 521 g/mol. The lowest BCUT2D eigenvalue weighted by Crippen LogP contribution is -2.47.